The Morgan fingerprint density at radius 1 is 0.357 bits per heavy atom. The van der Waals surface area contributed by atoms with Gasteiger partial charge in [-0.15, -0.1) is 0 Å². The maximum atomic E-state index is 14.0. The lowest BCUT2D eigenvalue weighted by atomic mass is 9.73. The van der Waals surface area contributed by atoms with Crippen molar-refractivity contribution in [3.05, 3.63) is 123 Å². The second kappa shape index (κ2) is 25.1. The molecule has 0 amide bonds. The van der Waals surface area contributed by atoms with Crippen LogP contribution in [0.5, 0.6) is 86.2 Å². The summed E-state index contributed by atoms with van der Waals surface area (Å²) in [5.74, 6) is 0.426. The zero-order valence-electron chi connectivity index (χ0n) is 49.4. The van der Waals surface area contributed by atoms with Gasteiger partial charge in [-0.25, -0.2) is 0 Å². The topological polar surface area (TPSA) is 217 Å². The molecular formula is C63H68O21. The van der Waals surface area contributed by atoms with Gasteiger partial charge in [0.2, 0.25) is 0 Å². The largest absolute Gasteiger partial charge is 0.496 e. The summed E-state index contributed by atoms with van der Waals surface area (Å²) < 4.78 is 113. The van der Waals surface area contributed by atoms with E-state index in [2.05, 4.69) is 0 Å². The van der Waals surface area contributed by atoms with E-state index in [9.17, 15) is 14.4 Å². The Labute approximate surface area is 486 Å². The molecule has 0 N–H and O–H groups in total. The normalized spacial score (nSPS) is 20.0. The third-order valence-electron chi connectivity index (χ3n) is 15.2. The lowest BCUT2D eigenvalue weighted by molar-refractivity contribution is -0.154. The van der Waals surface area contributed by atoms with Crippen molar-refractivity contribution in [1.29, 1.82) is 0 Å². The van der Waals surface area contributed by atoms with Crippen molar-refractivity contribution in [1.82, 2.24) is 0 Å². The molecule has 0 aromatic heterocycles. The maximum absolute atomic E-state index is 14.0. The highest BCUT2D eigenvalue weighted by atomic mass is 16.6. The second-order valence-electron chi connectivity index (χ2n) is 19.6. The quantitative estimate of drug-likeness (QED) is 0.0513. The first-order valence-electron chi connectivity index (χ1n) is 26.6. The number of carbonyl (C=O) groups excluding carboxylic acids is 3. The highest BCUT2D eigenvalue weighted by Gasteiger charge is 2.54. The van der Waals surface area contributed by atoms with Gasteiger partial charge < -0.3 is 85.3 Å². The molecule has 21 nitrogen and oxygen atoms in total. The second-order valence-corrected chi connectivity index (χ2v) is 19.6. The van der Waals surface area contributed by atoms with Crippen LogP contribution in [0.2, 0.25) is 0 Å². The van der Waals surface area contributed by atoms with E-state index in [1.807, 2.05) is 0 Å². The molecular weight excluding hydrogens is 1090 g/mol. The van der Waals surface area contributed by atoms with Gasteiger partial charge in [-0.1, -0.05) is 18.2 Å². The Kier molecular flexibility index (Phi) is 17.7. The predicted molar refractivity (Wildman–Crippen MR) is 301 cm³/mol. The van der Waals surface area contributed by atoms with Gasteiger partial charge >= 0.3 is 17.9 Å². The molecule has 21 heteroatoms. The maximum Gasteiger partial charge on any atom is 0.303 e. The fraction of sp³-hybridized carbons (Fsp3) is 0.381. The number of hydrogen-bond donors (Lipinski definition) is 0. The number of carbonyl (C=O) groups is 3. The van der Waals surface area contributed by atoms with Crippen molar-refractivity contribution >= 4 is 17.9 Å². The summed E-state index contributed by atoms with van der Waals surface area (Å²) in [5, 5.41) is 0. The first-order valence-corrected chi connectivity index (χ1v) is 26.6. The van der Waals surface area contributed by atoms with Crippen LogP contribution in [0.15, 0.2) is 78.9 Å². The van der Waals surface area contributed by atoms with Crippen molar-refractivity contribution in [3.63, 3.8) is 0 Å². The number of rotatable bonds is 20. The molecule has 0 unspecified atom stereocenters. The third kappa shape index (κ3) is 10.8. The number of benzene rings is 6. The first-order chi connectivity index (χ1) is 40.6. The molecule has 6 aromatic rings. The van der Waals surface area contributed by atoms with Crippen LogP contribution in [0.4, 0.5) is 0 Å². The van der Waals surface area contributed by atoms with Crippen LogP contribution in [0.25, 0.3) is 0 Å². The van der Waals surface area contributed by atoms with Crippen molar-refractivity contribution in [2.24, 2.45) is 0 Å². The summed E-state index contributed by atoms with van der Waals surface area (Å²) in [6, 6.07) is 22.5. The Bertz CT molecular complexity index is 3450. The summed E-state index contributed by atoms with van der Waals surface area (Å²) in [7, 11) is 18.0. The summed E-state index contributed by atoms with van der Waals surface area (Å²) in [4.78, 5) is 41.0. The fourth-order valence-electron chi connectivity index (χ4n) is 11.7. The van der Waals surface area contributed by atoms with Crippen LogP contribution >= 0.6 is 0 Å². The van der Waals surface area contributed by atoms with E-state index in [0.717, 1.165) is 0 Å². The van der Waals surface area contributed by atoms with E-state index in [0.29, 0.717) is 90.5 Å². The molecule has 3 aliphatic heterocycles. The lowest BCUT2D eigenvalue weighted by Crippen LogP contribution is -2.42. The van der Waals surface area contributed by atoms with E-state index in [4.69, 9.17) is 85.3 Å². The number of ether oxygens (including phenoxy) is 18. The van der Waals surface area contributed by atoms with Crippen molar-refractivity contribution in [2.45, 2.75) is 75.7 Å². The van der Waals surface area contributed by atoms with E-state index in [-0.39, 0.29) is 46.7 Å². The molecule has 0 saturated carbocycles. The highest BCUT2D eigenvalue weighted by molar-refractivity contribution is 5.74. The van der Waals surface area contributed by atoms with Crippen LogP contribution in [0, 0.1) is 0 Å². The predicted octanol–water partition coefficient (Wildman–Crippen LogP) is 9.79. The van der Waals surface area contributed by atoms with Crippen LogP contribution < -0.4 is 71.1 Å². The van der Waals surface area contributed by atoms with Gasteiger partial charge in [0.05, 0.1) is 97.2 Å². The number of methoxy groups -OCH3 is 12. The molecule has 8 atom stereocenters. The van der Waals surface area contributed by atoms with Gasteiger partial charge in [0, 0.05) is 96.0 Å². The molecule has 3 aliphatic rings. The first kappa shape index (κ1) is 59.4. The summed E-state index contributed by atoms with van der Waals surface area (Å²) in [6.45, 7) is 3.91. The molecule has 3 heterocycles. The zero-order valence-corrected chi connectivity index (χ0v) is 49.4. The van der Waals surface area contributed by atoms with E-state index in [1.54, 1.807) is 78.9 Å². The minimum absolute atomic E-state index is 0.0518. The fourth-order valence-corrected chi connectivity index (χ4v) is 11.7. The summed E-state index contributed by atoms with van der Waals surface area (Å²) >= 11 is 0. The molecule has 9 rings (SSSR count). The van der Waals surface area contributed by atoms with Crippen LogP contribution in [-0.2, 0) is 35.0 Å². The Morgan fingerprint density at radius 3 is 1.14 bits per heavy atom. The molecule has 0 aliphatic carbocycles. The Balaban J connectivity index is 1.45. The standard InChI is InChI=1S/C63H68O21/c1-30(64)79-50-27-37-41(71-8)28-46(76-13)52(60(37)83-57(50)33-16-19-38(68-5)42(22-33)72-9)56-54-48(78-15)29-47(77-14)53(61(54)84-59(63(56)81-32(3)66)35-18-21-40(70-7)44(24-35)74-11)55-51-45(75-12)25-36(67-4)26-49(51)82-58(62(55)80-31(2)65)34-17-20-39(69-6)43(23-34)73-10/h16-26,28-29,50,55-59,62-63H,27H2,1-15H3/t50-,55+,56+,57-,58-,59-,62+,63-/m1/s1. The van der Waals surface area contributed by atoms with Gasteiger partial charge in [0.1, 0.15) is 57.8 Å². The minimum atomic E-state index is -1.33. The van der Waals surface area contributed by atoms with Gasteiger partial charge in [-0.3, -0.25) is 14.4 Å². The van der Waals surface area contributed by atoms with E-state index >= 15 is 0 Å². The molecule has 0 radical (unpaired) electrons. The van der Waals surface area contributed by atoms with Crippen molar-refractivity contribution in [3.8, 4) is 86.2 Å². The SMILES string of the molecule is COc1cc(OC)c2c(c1)O[C@H](c1ccc(OC)c(OC)c1)[C@@H](OC(C)=O)[C@@H]2c1c(OC)cc(OC)c2c1O[C@H](c1ccc(OC)c(OC)c1)[C@H](OC(C)=O)[C@H]2c1c(OC)cc(OC)c2c1O[C@H](c1ccc(OC)c(OC)c1)[C@H](OC(C)=O)C2. The third-order valence-corrected chi connectivity index (χ3v) is 15.2. The number of fused-ring (bicyclic) bond motifs is 3. The summed E-state index contributed by atoms with van der Waals surface area (Å²) in [5.41, 5.74) is 3.38. The number of hydrogen-bond acceptors (Lipinski definition) is 21. The molecule has 0 fully saturated rings. The zero-order chi connectivity index (χ0) is 60.3. The van der Waals surface area contributed by atoms with Crippen molar-refractivity contribution < 1.29 is 99.6 Å². The van der Waals surface area contributed by atoms with Gasteiger partial charge in [-0.2, -0.15) is 0 Å². The van der Waals surface area contributed by atoms with E-state index < -0.39 is 66.4 Å². The van der Waals surface area contributed by atoms with Gasteiger partial charge in [0.25, 0.3) is 0 Å². The van der Waals surface area contributed by atoms with Crippen LogP contribution in [-0.4, -0.2) is 122 Å². The molecule has 0 spiro atoms. The average Bonchev–Trinajstić information content (AvgIpc) is 0.791. The van der Waals surface area contributed by atoms with Gasteiger partial charge in [0.15, 0.2) is 65.0 Å². The molecule has 84 heavy (non-hydrogen) atoms. The van der Waals surface area contributed by atoms with Gasteiger partial charge in [-0.05, 0) is 36.4 Å². The summed E-state index contributed by atoms with van der Waals surface area (Å²) in [6.07, 6.45) is -6.83. The average molecular weight is 1160 g/mol. The Morgan fingerprint density at radius 2 is 0.726 bits per heavy atom. The highest BCUT2D eigenvalue weighted by Crippen LogP contribution is 2.64. The lowest BCUT2D eigenvalue weighted by Gasteiger charge is -2.45. The minimum Gasteiger partial charge on any atom is -0.496 e. The van der Waals surface area contributed by atoms with E-state index in [1.165, 1.54) is 106 Å². The van der Waals surface area contributed by atoms with Crippen LogP contribution in [0.3, 0.4) is 0 Å². The smallest absolute Gasteiger partial charge is 0.303 e. The van der Waals surface area contributed by atoms with Crippen LogP contribution in [0.1, 0.15) is 95.4 Å². The number of esters is 3. The monoisotopic (exact) mass is 1160 g/mol. The van der Waals surface area contributed by atoms with Crippen molar-refractivity contribution in [2.75, 3.05) is 85.3 Å². The molecule has 6 aromatic carbocycles. The molecule has 446 valence electrons. The molecule has 0 saturated heterocycles. The molecule has 0 bridgehead atoms. The Hall–Kier alpha value is -9.27.